The first-order chi connectivity index (χ1) is 19.1. The highest BCUT2D eigenvalue weighted by atomic mass is 35.5. The van der Waals surface area contributed by atoms with Crippen molar-refractivity contribution in [3.63, 3.8) is 0 Å². The van der Waals surface area contributed by atoms with Gasteiger partial charge in [-0.1, -0.05) is 54.1 Å². The molecule has 0 radical (unpaired) electrons. The molecule has 0 saturated carbocycles. The van der Waals surface area contributed by atoms with Gasteiger partial charge in [0.15, 0.2) is 5.82 Å². The van der Waals surface area contributed by atoms with Crippen molar-refractivity contribution in [3.05, 3.63) is 111 Å². The number of anilines is 1. The van der Waals surface area contributed by atoms with E-state index in [0.29, 0.717) is 36.7 Å². The maximum Gasteiger partial charge on any atom is 0.289 e. The van der Waals surface area contributed by atoms with Gasteiger partial charge in [-0.2, -0.15) is 4.31 Å². The maximum absolute atomic E-state index is 14.0. The maximum atomic E-state index is 14.0. The molecule has 0 bridgehead atoms. The van der Waals surface area contributed by atoms with E-state index in [9.17, 15) is 22.9 Å². The van der Waals surface area contributed by atoms with Gasteiger partial charge in [0.1, 0.15) is 16.7 Å². The average molecular weight is 582 g/mol. The summed E-state index contributed by atoms with van der Waals surface area (Å²) in [7, 11) is -3.99. The molecule has 1 aromatic heterocycles. The van der Waals surface area contributed by atoms with Crippen molar-refractivity contribution >= 4 is 33.1 Å². The summed E-state index contributed by atoms with van der Waals surface area (Å²) in [6, 6.07) is 19.4. The number of sulfonamides is 1. The summed E-state index contributed by atoms with van der Waals surface area (Å²) in [4.78, 5) is 21.9. The number of piperazine rings is 1. The summed E-state index contributed by atoms with van der Waals surface area (Å²) in [6.07, 6.45) is 0.568. The number of nitrogens with zero attached hydrogens (tertiary/aromatic N) is 5. The topological polar surface area (TPSA) is 110 Å². The first kappa shape index (κ1) is 27.6. The molecular weight excluding hydrogens is 557 g/mol. The van der Waals surface area contributed by atoms with Crippen LogP contribution in [-0.4, -0.2) is 53.8 Å². The normalized spacial score (nSPS) is 14.3. The number of rotatable bonds is 7. The Hall–Kier alpha value is -3.93. The smallest absolute Gasteiger partial charge is 0.289 e. The number of halogens is 2. The predicted molar refractivity (Wildman–Crippen MR) is 150 cm³/mol. The van der Waals surface area contributed by atoms with E-state index in [4.69, 9.17) is 16.6 Å². The molecule has 206 valence electrons. The monoisotopic (exact) mass is 581 g/mol. The lowest BCUT2D eigenvalue weighted by Crippen LogP contribution is -2.49. The zero-order valence-corrected chi connectivity index (χ0v) is 23.1. The van der Waals surface area contributed by atoms with E-state index in [1.165, 1.54) is 28.6 Å². The van der Waals surface area contributed by atoms with Crippen LogP contribution in [-0.2, 0) is 16.4 Å². The Kier molecular flexibility index (Phi) is 7.79. The Labute approximate surface area is 236 Å². The van der Waals surface area contributed by atoms with Gasteiger partial charge in [0.05, 0.1) is 9.82 Å². The van der Waals surface area contributed by atoms with Gasteiger partial charge < -0.3 is 4.90 Å². The van der Waals surface area contributed by atoms with Gasteiger partial charge in [0, 0.05) is 55.5 Å². The number of hydrogen-bond acceptors (Lipinski definition) is 7. The number of nitro groups is 1. The Balaban J connectivity index is 1.46. The summed E-state index contributed by atoms with van der Waals surface area (Å²) in [5.74, 6) is 0.650. The third-order valence-corrected chi connectivity index (χ3v) is 9.00. The number of aryl methyl sites for hydroxylation is 1. The van der Waals surface area contributed by atoms with Crippen LogP contribution in [0.2, 0.25) is 5.02 Å². The molecule has 0 spiro atoms. The largest absolute Gasteiger partial charge is 0.354 e. The van der Waals surface area contributed by atoms with E-state index < -0.39 is 26.5 Å². The third-order valence-electron chi connectivity index (χ3n) is 6.79. The molecule has 1 fully saturated rings. The van der Waals surface area contributed by atoms with Crippen LogP contribution < -0.4 is 4.90 Å². The molecule has 12 heteroatoms. The van der Waals surface area contributed by atoms with Crippen molar-refractivity contribution in [2.75, 3.05) is 31.1 Å². The van der Waals surface area contributed by atoms with Crippen LogP contribution in [0.25, 0.3) is 11.4 Å². The molecule has 40 heavy (non-hydrogen) atoms. The van der Waals surface area contributed by atoms with Crippen LogP contribution in [0.5, 0.6) is 0 Å². The van der Waals surface area contributed by atoms with Crippen molar-refractivity contribution in [3.8, 4) is 11.4 Å². The van der Waals surface area contributed by atoms with Crippen molar-refractivity contribution in [2.24, 2.45) is 0 Å². The highest BCUT2D eigenvalue weighted by Gasteiger charge is 2.32. The van der Waals surface area contributed by atoms with Crippen molar-refractivity contribution in [2.45, 2.75) is 18.2 Å². The average Bonchev–Trinajstić information content (AvgIpc) is 2.94. The summed E-state index contributed by atoms with van der Waals surface area (Å²) in [5, 5.41) is 11.2. The molecule has 2 heterocycles. The number of aromatic nitrogens is 2. The molecule has 0 unspecified atom stereocenters. The fourth-order valence-electron chi connectivity index (χ4n) is 4.69. The Morgan fingerprint density at radius 2 is 1.70 bits per heavy atom. The van der Waals surface area contributed by atoms with Gasteiger partial charge in [-0.25, -0.2) is 22.8 Å². The molecule has 1 saturated heterocycles. The molecule has 9 nitrogen and oxygen atoms in total. The molecule has 0 aliphatic carbocycles. The Morgan fingerprint density at radius 1 is 0.975 bits per heavy atom. The Bertz CT molecular complexity index is 1680. The fraction of sp³-hybridized carbons (Fsp3) is 0.214. The quantitative estimate of drug-likeness (QED) is 0.216. The molecule has 4 aromatic rings. The molecule has 1 aliphatic heterocycles. The first-order valence-electron chi connectivity index (χ1n) is 12.5. The fourth-order valence-corrected chi connectivity index (χ4v) is 6.32. The van der Waals surface area contributed by atoms with Crippen molar-refractivity contribution in [1.29, 1.82) is 0 Å². The number of nitro benzene ring substituents is 1. The highest BCUT2D eigenvalue weighted by Crippen LogP contribution is 2.31. The lowest BCUT2D eigenvalue weighted by atomic mass is 10.0. The van der Waals surface area contributed by atoms with Crippen LogP contribution in [0, 0.1) is 22.9 Å². The van der Waals surface area contributed by atoms with Gasteiger partial charge in [-0.15, -0.1) is 0 Å². The molecular formula is C28H25ClFN5O4S. The van der Waals surface area contributed by atoms with Gasteiger partial charge in [0.25, 0.3) is 5.69 Å². The number of hydrogen-bond donors (Lipinski definition) is 0. The van der Waals surface area contributed by atoms with Crippen LogP contribution in [0.4, 0.5) is 15.9 Å². The summed E-state index contributed by atoms with van der Waals surface area (Å²) in [6.45, 7) is 2.83. The molecule has 1 aliphatic rings. The van der Waals surface area contributed by atoms with Gasteiger partial charge in [-0.3, -0.25) is 10.1 Å². The second-order valence-corrected chi connectivity index (χ2v) is 11.7. The van der Waals surface area contributed by atoms with E-state index in [-0.39, 0.29) is 23.0 Å². The van der Waals surface area contributed by atoms with Crippen LogP contribution in [0.1, 0.15) is 16.8 Å². The van der Waals surface area contributed by atoms with E-state index >= 15 is 0 Å². The van der Waals surface area contributed by atoms with Crippen molar-refractivity contribution in [1.82, 2.24) is 14.3 Å². The lowest BCUT2D eigenvalue weighted by Gasteiger charge is -2.36. The summed E-state index contributed by atoms with van der Waals surface area (Å²) in [5.41, 5.74) is 2.79. The van der Waals surface area contributed by atoms with Gasteiger partial charge in [-0.05, 0) is 36.8 Å². The highest BCUT2D eigenvalue weighted by molar-refractivity contribution is 7.89. The lowest BCUT2D eigenvalue weighted by molar-refractivity contribution is -0.384. The molecule has 5 rings (SSSR count). The van der Waals surface area contributed by atoms with Crippen molar-refractivity contribution < 1.29 is 17.7 Å². The predicted octanol–water partition coefficient (Wildman–Crippen LogP) is 5.25. The SMILES string of the molecule is Cc1nc(-c2cccc(F)c2)nc(N2CCN(S(=O)(=O)c3ccc(Cl)c([N+](=O)[O-])c3)CC2)c1Cc1ccccc1. The molecule has 0 atom stereocenters. The van der Waals surface area contributed by atoms with E-state index in [2.05, 4.69) is 4.98 Å². The third kappa shape index (κ3) is 5.67. The minimum absolute atomic E-state index is 0.132. The van der Waals surface area contributed by atoms with E-state index in [1.54, 1.807) is 12.1 Å². The molecule has 0 amide bonds. The standard InChI is InChI=1S/C28H25ClFN5O4S/c1-19-24(16-20-6-3-2-4-7-20)28(32-27(31-19)21-8-5-9-22(30)17-21)33-12-14-34(15-13-33)40(38,39)23-10-11-25(29)26(18-23)35(36)37/h2-11,17-18H,12-16H2,1H3. The van der Waals surface area contributed by atoms with Gasteiger partial charge in [0.2, 0.25) is 10.0 Å². The van der Waals surface area contributed by atoms with E-state index in [0.717, 1.165) is 22.9 Å². The number of benzene rings is 3. The zero-order valence-electron chi connectivity index (χ0n) is 21.5. The second-order valence-electron chi connectivity index (χ2n) is 9.37. The van der Waals surface area contributed by atoms with Gasteiger partial charge >= 0.3 is 0 Å². The first-order valence-corrected chi connectivity index (χ1v) is 14.3. The summed E-state index contributed by atoms with van der Waals surface area (Å²) < 4.78 is 41.9. The van der Waals surface area contributed by atoms with Crippen LogP contribution >= 0.6 is 11.6 Å². The Morgan fingerprint density at radius 3 is 2.38 bits per heavy atom. The minimum Gasteiger partial charge on any atom is -0.354 e. The van der Waals surface area contributed by atoms with Crippen LogP contribution in [0.3, 0.4) is 0 Å². The molecule has 0 N–H and O–H groups in total. The van der Waals surface area contributed by atoms with E-state index in [1.807, 2.05) is 42.2 Å². The second kappa shape index (κ2) is 11.3. The molecule has 3 aromatic carbocycles. The van der Waals surface area contributed by atoms with Crippen LogP contribution in [0.15, 0.2) is 77.7 Å². The minimum atomic E-state index is -3.99. The zero-order chi connectivity index (χ0) is 28.4. The summed E-state index contributed by atoms with van der Waals surface area (Å²) >= 11 is 5.88.